The first-order chi connectivity index (χ1) is 10.2. The maximum atomic E-state index is 12.7. The summed E-state index contributed by atoms with van der Waals surface area (Å²) in [5.74, 6) is 2.88. The minimum Gasteiger partial charge on any atom is -0.426 e. The van der Waals surface area contributed by atoms with Crippen molar-refractivity contribution in [2.45, 2.75) is 58.8 Å². The number of allylic oxidation sites excluding steroid dienone is 2. The van der Waals surface area contributed by atoms with Crippen LogP contribution in [-0.2, 0) is 13.6 Å². The molecule has 0 aromatic carbocycles. The van der Waals surface area contributed by atoms with Gasteiger partial charge in [-0.15, -0.1) is 0 Å². The van der Waals surface area contributed by atoms with Crippen molar-refractivity contribution in [1.29, 1.82) is 0 Å². The van der Waals surface area contributed by atoms with Gasteiger partial charge in [0.25, 0.3) is 0 Å². The highest BCUT2D eigenvalue weighted by Gasteiger charge is 2.32. The molecule has 0 aromatic heterocycles. The van der Waals surface area contributed by atoms with Gasteiger partial charge in [-0.2, -0.15) is 0 Å². The van der Waals surface area contributed by atoms with E-state index >= 15 is 0 Å². The van der Waals surface area contributed by atoms with Gasteiger partial charge in [-0.05, 0) is 26.2 Å². The monoisotopic (exact) mass is 313 g/mol. The van der Waals surface area contributed by atoms with Crippen LogP contribution in [0.4, 0.5) is 0 Å². The van der Waals surface area contributed by atoms with E-state index in [1.807, 2.05) is 13.0 Å². The van der Waals surface area contributed by atoms with Gasteiger partial charge in [0.15, 0.2) is 0 Å². The lowest BCUT2D eigenvalue weighted by Gasteiger charge is -2.30. The number of hydrogen-bond acceptors (Lipinski definition) is 4. The largest absolute Gasteiger partial charge is 0.426 e. The van der Waals surface area contributed by atoms with Crippen LogP contribution in [0.2, 0.25) is 0 Å². The maximum absolute atomic E-state index is 12.7. The van der Waals surface area contributed by atoms with Crippen LogP contribution in [0, 0.1) is 5.92 Å². The van der Waals surface area contributed by atoms with Gasteiger partial charge in [0.2, 0.25) is 0 Å². The van der Waals surface area contributed by atoms with Crippen LogP contribution in [0.5, 0.6) is 0 Å². The zero-order valence-corrected chi connectivity index (χ0v) is 14.2. The summed E-state index contributed by atoms with van der Waals surface area (Å²) in [5, 5.41) is 3.36. The first-order valence-corrected chi connectivity index (χ1v) is 9.90. The Morgan fingerprint density at radius 1 is 1.33 bits per heavy atom. The molecule has 21 heavy (non-hydrogen) atoms. The molecule has 2 rings (SSSR count). The number of rotatable bonds is 7. The van der Waals surface area contributed by atoms with E-state index in [2.05, 4.69) is 12.2 Å². The first-order valence-electron chi connectivity index (χ1n) is 8.29. The van der Waals surface area contributed by atoms with E-state index in [0.29, 0.717) is 12.5 Å². The van der Waals surface area contributed by atoms with Crippen molar-refractivity contribution in [2.24, 2.45) is 5.92 Å². The Morgan fingerprint density at radius 2 is 2.10 bits per heavy atom. The highest BCUT2D eigenvalue weighted by molar-refractivity contribution is 7.57. The quantitative estimate of drug-likeness (QED) is 0.534. The van der Waals surface area contributed by atoms with Crippen LogP contribution in [-0.4, -0.2) is 13.2 Å². The Labute approximate surface area is 128 Å². The summed E-state index contributed by atoms with van der Waals surface area (Å²) < 4.78 is 23.9. The second-order valence-electron chi connectivity index (χ2n) is 5.80. The standard InChI is InChI=1S/C16H28NO3P/c1-3-5-11-17-15-12-16(14-9-7-6-8-10-14)20-21(18,13-15)19-4-2/h12-14,17H,3-11H2,1-2H3. The van der Waals surface area contributed by atoms with E-state index in [4.69, 9.17) is 9.05 Å². The van der Waals surface area contributed by atoms with Crippen molar-refractivity contribution in [3.8, 4) is 0 Å². The van der Waals surface area contributed by atoms with E-state index in [1.165, 1.54) is 19.3 Å². The lowest BCUT2D eigenvalue weighted by molar-refractivity contribution is 0.223. The fraction of sp³-hybridized carbons (Fsp3) is 0.750. The summed E-state index contributed by atoms with van der Waals surface area (Å²) in [6, 6.07) is 0. The van der Waals surface area contributed by atoms with Gasteiger partial charge in [0.1, 0.15) is 5.76 Å². The van der Waals surface area contributed by atoms with Gasteiger partial charge in [-0.3, -0.25) is 4.52 Å². The molecule has 1 saturated carbocycles. The second-order valence-corrected chi connectivity index (χ2v) is 7.57. The number of unbranched alkanes of at least 4 members (excludes halogenated alkanes) is 1. The van der Waals surface area contributed by atoms with E-state index < -0.39 is 7.60 Å². The Bertz CT molecular complexity index is 439. The zero-order valence-electron chi connectivity index (χ0n) is 13.3. The molecule has 1 fully saturated rings. The lowest BCUT2D eigenvalue weighted by atomic mass is 9.87. The molecule has 0 aromatic rings. The fourth-order valence-corrected chi connectivity index (χ4v) is 4.43. The minimum atomic E-state index is -3.13. The number of hydrogen-bond donors (Lipinski definition) is 1. The molecule has 5 heteroatoms. The molecule has 1 N–H and O–H groups in total. The van der Waals surface area contributed by atoms with Crippen LogP contribution in [0.3, 0.4) is 0 Å². The minimum absolute atomic E-state index is 0.393. The summed E-state index contributed by atoms with van der Waals surface area (Å²) in [5.41, 5.74) is 0.895. The Hall–Kier alpha value is -0.730. The van der Waals surface area contributed by atoms with Gasteiger partial charge >= 0.3 is 7.60 Å². The van der Waals surface area contributed by atoms with Gasteiger partial charge in [0, 0.05) is 24.2 Å². The maximum Gasteiger partial charge on any atom is 0.405 e. The molecule has 1 aliphatic carbocycles. The third kappa shape index (κ3) is 4.89. The Morgan fingerprint density at radius 3 is 2.76 bits per heavy atom. The third-order valence-corrected chi connectivity index (χ3v) is 5.68. The van der Waals surface area contributed by atoms with Crippen molar-refractivity contribution < 1.29 is 13.6 Å². The molecule has 1 unspecified atom stereocenters. The predicted molar refractivity (Wildman–Crippen MR) is 86.0 cm³/mol. The molecule has 0 amide bonds. The highest BCUT2D eigenvalue weighted by atomic mass is 31.2. The van der Waals surface area contributed by atoms with E-state index in [0.717, 1.165) is 43.7 Å². The molecule has 1 atom stereocenters. The molecule has 0 bridgehead atoms. The summed E-state index contributed by atoms with van der Waals surface area (Å²) >= 11 is 0. The van der Waals surface area contributed by atoms with E-state index in [1.54, 1.807) is 5.82 Å². The average Bonchev–Trinajstić information content (AvgIpc) is 2.48. The second kappa shape index (κ2) is 8.05. The van der Waals surface area contributed by atoms with E-state index in [9.17, 15) is 4.57 Å². The molecule has 2 aliphatic rings. The number of nitrogens with one attached hydrogen (secondary N) is 1. The molecule has 0 spiro atoms. The predicted octanol–water partition coefficient (Wildman–Crippen LogP) is 4.94. The van der Waals surface area contributed by atoms with Crippen molar-refractivity contribution in [3.63, 3.8) is 0 Å². The van der Waals surface area contributed by atoms with Gasteiger partial charge in [0.05, 0.1) is 12.4 Å². The molecule has 0 radical (unpaired) electrons. The van der Waals surface area contributed by atoms with Crippen molar-refractivity contribution in [1.82, 2.24) is 5.32 Å². The molecule has 4 nitrogen and oxygen atoms in total. The smallest absolute Gasteiger partial charge is 0.405 e. The van der Waals surface area contributed by atoms with Crippen LogP contribution >= 0.6 is 7.60 Å². The lowest BCUT2D eigenvalue weighted by Crippen LogP contribution is -2.19. The third-order valence-electron chi connectivity index (χ3n) is 4.00. The van der Waals surface area contributed by atoms with Crippen LogP contribution in [0.25, 0.3) is 0 Å². The van der Waals surface area contributed by atoms with Gasteiger partial charge in [-0.25, -0.2) is 4.57 Å². The van der Waals surface area contributed by atoms with E-state index in [-0.39, 0.29) is 0 Å². The van der Waals surface area contributed by atoms with Crippen LogP contribution in [0.15, 0.2) is 23.3 Å². The summed E-state index contributed by atoms with van der Waals surface area (Å²) in [6.07, 6.45) is 10.3. The highest BCUT2D eigenvalue weighted by Crippen LogP contribution is 2.56. The molecule has 1 aliphatic heterocycles. The fourth-order valence-electron chi connectivity index (χ4n) is 2.89. The molecule has 120 valence electrons. The topological polar surface area (TPSA) is 47.6 Å². The first kappa shape index (κ1) is 16.6. The normalized spacial score (nSPS) is 26.8. The molecular formula is C16H28NO3P. The summed E-state index contributed by atoms with van der Waals surface area (Å²) in [6.45, 7) is 5.30. The zero-order chi connectivity index (χ0) is 15.1. The molecular weight excluding hydrogens is 285 g/mol. The molecule has 1 heterocycles. The van der Waals surface area contributed by atoms with Crippen molar-refractivity contribution >= 4 is 7.60 Å². The van der Waals surface area contributed by atoms with Gasteiger partial charge in [-0.1, -0.05) is 32.6 Å². The van der Waals surface area contributed by atoms with Crippen molar-refractivity contribution in [2.75, 3.05) is 13.2 Å². The van der Waals surface area contributed by atoms with Crippen molar-refractivity contribution in [3.05, 3.63) is 23.3 Å². The summed E-state index contributed by atoms with van der Waals surface area (Å²) in [4.78, 5) is 0. The van der Waals surface area contributed by atoms with Gasteiger partial charge < -0.3 is 9.84 Å². The SMILES string of the molecule is CCCCNC1=CP(=O)(OCC)OC(C2CCCCC2)=C1. The average molecular weight is 313 g/mol. The Balaban J connectivity index is 2.11. The molecule has 0 saturated heterocycles. The Kier molecular flexibility index (Phi) is 6.38. The van der Waals surface area contributed by atoms with Crippen LogP contribution < -0.4 is 5.32 Å². The van der Waals surface area contributed by atoms with Crippen LogP contribution in [0.1, 0.15) is 58.8 Å². The summed E-state index contributed by atoms with van der Waals surface area (Å²) in [7, 11) is -3.13.